The van der Waals surface area contributed by atoms with E-state index in [1.165, 1.54) is 34.7 Å². The van der Waals surface area contributed by atoms with Gasteiger partial charge in [0, 0.05) is 29.7 Å². The van der Waals surface area contributed by atoms with Gasteiger partial charge in [-0.2, -0.15) is 5.10 Å². The maximum absolute atomic E-state index is 12.9. The summed E-state index contributed by atoms with van der Waals surface area (Å²) >= 11 is 0. The molecule has 5 nitrogen and oxygen atoms in total. The Labute approximate surface area is 249 Å². The van der Waals surface area contributed by atoms with Gasteiger partial charge in [-0.3, -0.25) is 0 Å². The van der Waals surface area contributed by atoms with E-state index in [1.54, 1.807) is 0 Å². The highest BCUT2D eigenvalue weighted by Gasteiger charge is 2.24. The number of aryl methyl sites for hydroxylation is 2. The topological polar surface area (TPSA) is 50.5 Å². The van der Waals surface area contributed by atoms with Gasteiger partial charge >= 0.3 is 0 Å². The summed E-state index contributed by atoms with van der Waals surface area (Å²) in [6.07, 6.45) is 5.55. The van der Waals surface area contributed by atoms with Gasteiger partial charge in [0.1, 0.15) is 11.0 Å². The summed E-state index contributed by atoms with van der Waals surface area (Å²) in [6, 6.07) is 24.8. The molecule has 216 valence electrons. The highest BCUT2D eigenvalue weighted by Crippen LogP contribution is 2.27. The van der Waals surface area contributed by atoms with Gasteiger partial charge in [0.25, 0.3) is 0 Å². The van der Waals surface area contributed by atoms with Crippen molar-refractivity contribution in [1.82, 2.24) is 18.9 Å². The van der Waals surface area contributed by atoms with Gasteiger partial charge in [0.15, 0.2) is 5.65 Å². The minimum absolute atomic E-state index is 0.697. The van der Waals surface area contributed by atoms with E-state index in [-0.39, 0.29) is 0 Å². The van der Waals surface area contributed by atoms with Crippen molar-refractivity contribution >= 4 is 41.3 Å². The zero-order chi connectivity index (χ0) is 29.4. The molecule has 3 atom stereocenters. The molecule has 1 aliphatic heterocycles. The first-order chi connectivity index (χ1) is 20.0. The van der Waals surface area contributed by atoms with Crippen LogP contribution in [0.15, 0.2) is 83.9 Å². The molecule has 1 saturated heterocycles. The van der Waals surface area contributed by atoms with Gasteiger partial charge < -0.3 is 0 Å². The summed E-state index contributed by atoms with van der Waals surface area (Å²) < 4.78 is 17.0. The van der Waals surface area contributed by atoms with Gasteiger partial charge in [0.05, 0.1) is 16.8 Å². The maximum Gasteiger partial charge on any atom is 0.163 e. The van der Waals surface area contributed by atoms with E-state index in [9.17, 15) is 4.21 Å². The normalized spacial score (nSPS) is 16.3. The van der Waals surface area contributed by atoms with E-state index < -0.39 is 11.0 Å². The van der Waals surface area contributed by atoms with Crippen molar-refractivity contribution < 1.29 is 4.21 Å². The molecule has 7 heteroatoms. The SMILES string of the molecule is CC.CCC1CCCN(S(=O)c2cccc3ccccc23)C1.CPc1cnn2c(C)cc(-c3ccccc3C)nc12. The summed E-state index contributed by atoms with van der Waals surface area (Å²) in [5.41, 5.74) is 5.58. The maximum atomic E-state index is 12.9. The monoisotopic (exact) mass is 586 g/mol. The average Bonchev–Trinajstić information content (AvgIpc) is 3.46. The first-order valence-electron chi connectivity index (χ1n) is 14.7. The molecule has 0 radical (unpaired) electrons. The second-order valence-electron chi connectivity index (χ2n) is 10.2. The number of fused-ring (bicyclic) bond motifs is 2. The van der Waals surface area contributed by atoms with Gasteiger partial charge in [-0.25, -0.2) is 18.0 Å². The van der Waals surface area contributed by atoms with Crippen LogP contribution in [0.4, 0.5) is 0 Å². The molecule has 3 heterocycles. The Kier molecular flexibility index (Phi) is 11.2. The van der Waals surface area contributed by atoms with Crippen LogP contribution in [0.1, 0.15) is 51.3 Å². The molecular formula is C34H43N4OPS. The van der Waals surface area contributed by atoms with E-state index in [2.05, 4.69) is 85.4 Å². The molecule has 2 aromatic heterocycles. The Morgan fingerprint density at radius 1 is 1.00 bits per heavy atom. The number of nitrogens with zero attached hydrogens (tertiary/aromatic N) is 4. The van der Waals surface area contributed by atoms with Crippen LogP contribution in [0.2, 0.25) is 0 Å². The first-order valence-corrected chi connectivity index (χ1v) is 17.3. The quantitative estimate of drug-likeness (QED) is 0.196. The van der Waals surface area contributed by atoms with E-state index in [1.807, 2.05) is 48.8 Å². The fourth-order valence-electron chi connectivity index (χ4n) is 5.29. The molecule has 0 aliphatic carbocycles. The summed E-state index contributed by atoms with van der Waals surface area (Å²) in [5, 5.41) is 7.91. The van der Waals surface area contributed by atoms with Gasteiger partial charge in [-0.15, -0.1) is 0 Å². The Morgan fingerprint density at radius 2 is 1.73 bits per heavy atom. The molecule has 3 unspecified atom stereocenters. The van der Waals surface area contributed by atoms with Crippen LogP contribution in [-0.4, -0.2) is 42.9 Å². The highest BCUT2D eigenvalue weighted by molar-refractivity contribution is 7.83. The number of rotatable bonds is 5. The van der Waals surface area contributed by atoms with Crippen molar-refractivity contribution in [2.45, 2.75) is 58.8 Å². The molecule has 0 N–H and O–H groups in total. The van der Waals surface area contributed by atoms with Crippen molar-refractivity contribution in [3.8, 4) is 11.3 Å². The molecular weight excluding hydrogens is 543 g/mol. The smallest absolute Gasteiger partial charge is 0.163 e. The molecule has 5 aromatic rings. The molecule has 6 rings (SSSR count). The summed E-state index contributed by atoms with van der Waals surface area (Å²) in [4.78, 5) is 5.76. The van der Waals surface area contributed by atoms with Crippen LogP contribution < -0.4 is 5.30 Å². The minimum Gasteiger partial charge on any atom is -0.237 e. The molecule has 0 saturated carbocycles. The third-order valence-corrected chi connectivity index (χ3v) is 10.00. The molecule has 1 aliphatic rings. The largest absolute Gasteiger partial charge is 0.237 e. The minimum atomic E-state index is -1.03. The Bertz CT molecular complexity index is 1610. The van der Waals surface area contributed by atoms with Crippen LogP contribution in [0.5, 0.6) is 0 Å². The molecule has 41 heavy (non-hydrogen) atoms. The Morgan fingerprint density at radius 3 is 2.49 bits per heavy atom. The third-order valence-electron chi connectivity index (χ3n) is 7.57. The van der Waals surface area contributed by atoms with E-state index in [0.717, 1.165) is 46.8 Å². The van der Waals surface area contributed by atoms with Gasteiger partial charge in [0.2, 0.25) is 0 Å². The molecule has 3 aromatic carbocycles. The first kappa shape index (κ1) is 31.0. The molecule has 1 fully saturated rings. The van der Waals surface area contributed by atoms with Crippen LogP contribution in [0.3, 0.4) is 0 Å². The summed E-state index contributed by atoms with van der Waals surface area (Å²) in [7, 11) is -0.323. The lowest BCUT2D eigenvalue weighted by Crippen LogP contribution is -2.36. The average molecular weight is 587 g/mol. The van der Waals surface area contributed by atoms with Gasteiger partial charge in [-0.05, 0) is 67.7 Å². The van der Waals surface area contributed by atoms with Crippen molar-refractivity contribution in [3.05, 3.63) is 90.3 Å². The molecule has 0 spiro atoms. The van der Waals surface area contributed by atoms with Crippen LogP contribution in [0, 0.1) is 19.8 Å². The molecule has 0 bridgehead atoms. The standard InChI is InChI=1S/C17H21NOS.C15H16N3P.C2H6/c1-2-14-7-6-12-18(13-14)20(19)17-11-5-9-15-8-3-4-10-16(15)17;1-10-6-4-5-7-12(10)13-8-11(2)18-15(17-13)14(19-3)9-16-18;1-2/h3-5,8-11,14H,2,6-7,12-13H2,1H3;4-9,19H,1-3H3;1-2H3. The van der Waals surface area contributed by atoms with Gasteiger partial charge in [-0.1, -0.05) is 96.4 Å². The van der Waals surface area contributed by atoms with Crippen molar-refractivity contribution in [2.24, 2.45) is 5.92 Å². The number of benzene rings is 3. The Balaban J connectivity index is 0.000000178. The van der Waals surface area contributed by atoms with Crippen molar-refractivity contribution in [2.75, 3.05) is 19.8 Å². The number of hydrogen-bond donors (Lipinski definition) is 0. The van der Waals surface area contributed by atoms with Crippen LogP contribution in [0.25, 0.3) is 27.7 Å². The lowest BCUT2D eigenvalue weighted by Gasteiger charge is -2.31. The van der Waals surface area contributed by atoms with E-state index in [4.69, 9.17) is 4.98 Å². The third kappa shape index (κ3) is 7.12. The van der Waals surface area contributed by atoms with Crippen molar-refractivity contribution in [3.63, 3.8) is 0 Å². The van der Waals surface area contributed by atoms with Crippen molar-refractivity contribution in [1.29, 1.82) is 0 Å². The predicted molar refractivity (Wildman–Crippen MR) is 178 cm³/mol. The fourth-order valence-corrected chi connectivity index (χ4v) is 7.35. The molecule has 0 amide bonds. The highest BCUT2D eigenvalue weighted by atomic mass is 32.2. The van der Waals surface area contributed by atoms with Crippen LogP contribution in [-0.2, 0) is 11.0 Å². The fraction of sp³-hybridized carbons (Fsp3) is 0.353. The Hall–Kier alpha value is -2.92. The zero-order valence-corrected chi connectivity index (χ0v) is 27.0. The number of piperidine rings is 1. The second kappa shape index (κ2) is 14.8. The van der Waals surface area contributed by atoms with E-state index >= 15 is 0 Å². The number of aromatic nitrogens is 3. The lowest BCUT2D eigenvalue weighted by atomic mass is 9.97. The second-order valence-corrected chi connectivity index (χ2v) is 12.7. The lowest BCUT2D eigenvalue weighted by molar-refractivity contribution is 0.271. The summed E-state index contributed by atoms with van der Waals surface area (Å²) in [6.45, 7) is 14.5. The van der Waals surface area contributed by atoms with E-state index in [0.29, 0.717) is 14.5 Å². The predicted octanol–water partition coefficient (Wildman–Crippen LogP) is 7.96. The number of hydrogen-bond acceptors (Lipinski definition) is 3. The van der Waals surface area contributed by atoms with Crippen LogP contribution >= 0.6 is 8.58 Å². The zero-order valence-electron chi connectivity index (χ0n) is 25.2. The summed E-state index contributed by atoms with van der Waals surface area (Å²) in [5.74, 6) is 0.697.